The largest absolute Gasteiger partial charge is 0.339 e. The van der Waals surface area contributed by atoms with Crippen molar-refractivity contribution in [3.05, 3.63) is 65.0 Å². The number of anilines is 1. The highest BCUT2D eigenvalue weighted by Gasteiger charge is 2.35. The standard InChI is InChI=1S/C19H16ClN3O2/c1-12-7-8-15(10-16(12)20)23-11-14(9-17(23)24)19-21-18(22-25-19)13-5-3-2-4-6-13/h2-8,10,14H,9,11H2,1H3/t14-/m0/s1. The maximum atomic E-state index is 12.4. The lowest BCUT2D eigenvalue weighted by Gasteiger charge is -2.17. The van der Waals surface area contributed by atoms with E-state index in [2.05, 4.69) is 10.1 Å². The van der Waals surface area contributed by atoms with Crippen molar-refractivity contribution in [2.45, 2.75) is 19.3 Å². The average Bonchev–Trinajstić information content (AvgIpc) is 3.25. The smallest absolute Gasteiger partial charge is 0.232 e. The molecule has 5 nitrogen and oxygen atoms in total. The Morgan fingerprint density at radius 1 is 1.20 bits per heavy atom. The molecule has 0 unspecified atom stereocenters. The molecule has 1 amide bonds. The molecule has 0 radical (unpaired) electrons. The molecule has 4 rings (SSSR count). The number of aromatic nitrogens is 2. The molecular weight excluding hydrogens is 338 g/mol. The van der Waals surface area contributed by atoms with Crippen molar-refractivity contribution in [3.63, 3.8) is 0 Å². The van der Waals surface area contributed by atoms with Crippen molar-refractivity contribution in [3.8, 4) is 11.4 Å². The van der Waals surface area contributed by atoms with Gasteiger partial charge in [0.25, 0.3) is 0 Å². The van der Waals surface area contributed by atoms with E-state index in [1.807, 2.05) is 55.5 Å². The van der Waals surface area contributed by atoms with Crippen molar-refractivity contribution in [2.75, 3.05) is 11.4 Å². The normalized spacial score (nSPS) is 17.3. The Hall–Kier alpha value is -2.66. The molecule has 1 atom stereocenters. The van der Waals surface area contributed by atoms with Gasteiger partial charge in [0.1, 0.15) is 0 Å². The Labute approximate surface area is 150 Å². The van der Waals surface area contributed by atoms with E-state index in [1.165, 1.54) is 0 Å². The molecule has 0 spiro atoms. The third-order valence-corrected chi connectivity index (χ3v) is 4.82. The predicted octanol–water partition coefficient (Wildman–Crippen LogP) is 4.22. The van der Waals surface area contributed by atoms with Crippen LogP contribution < -0.4 is 4.90 Å². The van der Waals surface area contributed by atoms with Gasteiger partial charge in [-0.2, -0.15) is 4.98 Å². The lowest BCUT2D eigenvalue weighted by Crippen LogP contribution is -2.24. The third kappa shape index (κ3) is 3.03. The molecule has 1 saturated heterocycles. The van der Waals surface area contributed by atoms with Gasteiger partial charge in [0.2, 0.25) is 17.6 Å². The van der Waals surface area contributed by atoms with Crippen molar-refractivity contribution in [1.82, 2.24) is 10.1 Å². The van der Waals surface area contributed by atoms with E-state index in [0.717, 1.165) is 16.8 Å². The Morgan fingerprint density at radius 2 is 2.00 bits per heavy atom. The van der Waals surface area contributed by atoms with Crippen LogP contribution in [0.3, 0.4) is 0 Å². The van der Waals surface area contributed by atoms with Crippen LogP contribution >= 0.6 is 11.6 Å². The summed E-state index contributed by atoms with van der Waals surface area (Å²) in [5.74, 6) is 0.953. The number of hydrogen-bond acceptors (Lipinski definition) is 4. The molecule has 0 N–H and O–H groups in total. The van der Waals surface area contributed by atoms with Crippen molar-refractivity contribution >= 4 is 23.2 Å². The summed E-state index contributed by atoms with van der Waals surface area (Å²) in [5.41, 5.74) is 2.67. The molecule has 1 aromatic heterocycles. The van der Waals surface area contributed by atoms with Crippen LogP contribution in [0.1, 0.15) is 23.8 Å². The molecule has 6 heteroatoms. The minimum Gasteiger partial charge on any atom is -0.339 e. The van der Waals surface area contributed by atoms with Crippen LogP contribution in [0.25, 0.3) is 11.4 Å². The van der Waals surface area contributed by atoms with Gasteiger partial charge in [-0.25, -0.2) is 0 Å². The van der Waals surface area contributed by atoms with Gasteiger partial charge in [0, 0.05) is 29.2 Å². The molecule has 0 aliphatic carbocycles. The highest BCUT2D eigenvalue weighted by Crippen LogP contribution is 2.33. The van der Waals surface area contributed by atoms with E-state index >= 15 is 0 Å². The van der Waals surface area contributed by atoms with Crippen LogP contribution in [0.4, 0.5) is 5.69 Å². The number of hydrogen-bond donors (Lipinski definition) is 0. The summed E-state index contributed by atoms with van der Waals surface area (Å²) in [6, 6.07) is 15.3. The Kier molecular flexibility index (Phi) is 4.01. The topological polar surface area (TPSA) is 59.2 Å². The zero-order valence-corrected chi connectivity index (χ0v) is 14.4. The fraction of sp³-hybridized carbons (Fsp3) is 0.211. The van der Waals surface area contributed by atoms with Gasteiger partial charge in [-0.15, -0.1) is 0 Å². The van der Waals surface area contributed by atoms with Gasteiger partial charge in [0.15, 0.2) is 0 Å². The maximum Gasteiger partial charge on any atom is 0.232 e. The molecule has 0 saturated carbocycles. The minimum absolute atomic E-state index is 0.0318. The van der Waals surface area contributed by atoms with Crippen LogP contribution in [0.2, 0.25) is 5.02 Å². The Balaban J connectivity index is 1.56. The maximum absolute atomic E-state index is 12.4. The first kappa shape index (κ1) is 15.8. The monoisotopic (exact) mass is 353 g/mol. The van der Waals surface area contributed by atoms with E-state index in [0.29, 0.717) is 29.7 Å². The fourth-order valence-electron chi connectivity index (χ4n) is 2.98. The van der Waals surface area contributed by atoms with E-state index < -0.39 is 0 Å². The van der Waals surface area contributed by atoms with Gasteiger partial charge < -0.3 is 9.42 Å². The lowest BCUT2D eigenvalue weighted by atomic mass is 10.1. The number of carbonyl (C=O) groups is 1. The molecule has 1 fully saturated rings. The molecule has 25 heavy (non-hydrogen) atoms. The van der Waals surface area contributed by atoms with Crippen LogP contribution in [-0.4, -0.2) is 22.6 Å². The van der Waals surface area contributed by atoms with Gasteiger partial charge in [-0.3, -0.25) is 4.79 Å². The molecule has 2 heterocycles. The third-order valence-electron chi connectivity index (χ3n) is 4.42. The van der Waals surface area contributed by atoms with Gasteiger partial charge in [-0.05, 0) is 24.6 Å². The minimum atomic E-state index is -0.113. The van der Waals surface area contributed by atoms with Crippen LogP contribution in [0.15, 0.2) is 53.1 Å². The van der Waals surface area contributed by atoms with Crippen molar-refractivity contribution in [1.29, 1.82) is 0 Å². The summed E-state index contributed by atoms with van der Waals surface area (Å²) < 4.78 is 5.41. The summed E-state index contributed by atoms with van der Waals surface area (Å²) in [4.78, 5) is 18.6. The van der Waals surface area contributed by atoms with Crippen molar-refractivity contribution in [2.24, 2.45) is 0 Å². The molecular formula is C19H16ClN3O2. The number of nitrogens with zero attached hydrogens (tertiary/aromatic N) is 3. The molecule has 1 aliphatic rings. The number of aryl methyl sites for hydroxylation is 1. The van der Waals surface area contributed by atoms with Gasteiger partial charge >= 0.3 is 0 Å². The predicted molar refractivity (Wildman–Crippen MR) is 95.6 cm³/mol. The summed E-state index contributed by atoms with van der Waals surface area (Å²) in [7, 11) is 0. The van der Waals surface area contributed by atoms with E-state index in [4.69, 9.17) is 16.1 Å². The first-order valence-corrected chi connectivity index (χ1v) is 8.45. The van der Waals surface area contributed by atoms with Crippen molar-refractivity contribution < 1.29 is 9.32 Å². The number of rotatable bonds is 3. The van der Waals surface area contributed by atoms with E-state index in [1.54, 1.807) is 4.90 Å². The van der Waals surface area contributed by atoms with E-state index in [9.17, 15) is 4.79 Å². The second kappa shape index (κ2) is 6.33. The van der Waals surface area contributed by atoms with Gasteiger partial charge in [-0.1, -0.05) is 53.2 Å². The highest BCUT2D eigenvalue weighted by atomic mass is 35.5. The zero-order chi connectivity index (χ0) is 17.4. The Morgan fingerprint density at radius 3 is 2.76 bits per heavy atom. The van der Waals surface area contributed by atoms with E-state index in [-0.39, 0.29) is 11.8 Å². The molecule has 126 valence electrons. The second-order valence-corrected chi connectivity index (χ2v) is 6.57. The summed E-state index contributed by atoms with van der Waals surface area (Å²) in [6.07, 6.45) is 0.349. The molecule has 0 bridgehead atoms. The highest BCUT2D eigenvalue weighted by molar-refractivity contribution is 6.31. The number of benzene rings is 2. The van der Waals surface area contributed by atoms with Crippen LogP contribution in [0.5, 0.6) is 0 Å². The Bertz CT molecular complexity index is 923. The molecule has 2 aromatic carbocycles. The average molecular weight is 354 g/mol. The zero-order valence-electron chi connectivity index (χ0n) is 13.6. The first-order valence-electron chi connectivity index (χ1n) is 8.07. The SMILES string of the molecule is Cc1ccc(N2C[C@@H](c3nc(-c4ccccc4)no3)CC2=O)cc1Cl. The number of carbonyl (C=O) groups excluding carboxylic acids is 1. The van der Waals surface area contributed by atoms with Crippen LogP contribution in [0, 0.1) is 6.92 Å². The summed E-state index contributed by atoms with van der Waals surface area (Å²) in [5, 5.41) is 4.69. The number of halogens is 1. The van der Waals surface area contributed by atoms with Gasteiger partial charge in [0.05, 0.1) is 5.92 Å². The summed E-state index contributed by atoms with van der Waals surface area (Å²) >= 11 is 6.19. The lowest BCUT2D eigenvalue weighted by molar-refractivity contribution is -0.117. The summed E-state index contributed by atoms with van der Waals surface area (Å²) in [6.45, 7) is 2.44. The number of amides is 1. The molecule has 3 aromatic rings. The molecule has 1 aliphatic heterocycles. The second-order valence-electron chi connectivity index (χ2n) is 6.16. The quantitative estimate of drug-likeness (QED) is 0.707. The fourth-order valence-corrected chi connectivity index (χ4v) is 3.15. The van der Waals surface area contributed by atoms with Crippen LogP contribution in [-0.2, 0) is 4.79 Å². The first-order chi connectivity index (χ1) is 12.1.